The second kappa shape index (κ2) is 17.0. The number of carbonyl (C=O) groups excluding carboxylic acids is 2. The van der Waals surface area contributed by atoms with Crippen molar-refractivity contribution < 1.29 is 19.1 Å². The molecule has 12 nitrogen and oxygen atoms in total. The quantitative estimate of drug-likeness (QED) is 0.181. The minimum absolute atomic E-state index is 0.01000. The zero-order valence-electron chi connectivity index (χ0n) is 29.9. The summed E-state index contributed by atoms with van der Waals surface area (Å²) >= 11 is 14.2. The number of rotatable bonds is 13. The largest absolute Gasteiger partial charge is 0.480 e. The van der Waals surface area contributed by atoms with E-state index in [0.29, 0.717) is 82.3 Å². The molecular formula is C38H44Cl2N8O4. The predicted molar refractivity (Wildman–Crippen MR) is 201 cm³/mol. The number of nitrogens with one attached hydrogen (secondary N) is 2. The van der Waals surface area contributed by atoms with Crippen LogP contribution >= 0.6 is 23.2 Å². The van der Waals surface area contributed by atoms with Crippen LogP contribution in [0.3, 0.4) is 0 Å². The maximum absolute atomic E-state index is 11.3. The summed E-state index contributed by atoms with van der Waals surface area (Å²) in [5.74, 6) is 1.66. The monoisotopic (exact) mass is 746 g/mol. The Morgan fingerprint density at radius 1 is 0.712 bits per heavy atom. The standard InChI is InChI=1S/C38H44Cl2N8O4/c1-23(49)41-15-25-11-13-47(19-25)21-33-37(51-3)45-31(17-43-33)29-9-5-7-27(35(29)39)28-8-6-10-30(36(28)40)32-18-44-34(38(46-32)52-4)22-48-14-12-26(20-48)16-42-24(2)50/h5-10,17-18,25-26H,11-16,19-22H2,1-4H3,(H,41,49)(H,42,50)/t25-,26-/m0/s1. The van der Waals surface area contributed by atoms with Crippen LogP contribution in [0.15, 0.2) is 48.8 Å². The minimum atomic E-state index is -0.01000. The number of amides is 2. The molecule has 2 aromatic carbocycles. The topological polar surface area (TPSA) is 135 Å². The summed E-state index contributed by atoms with van der Waals surface area (Å²) in [7, 11) is 3.18. The first kappa shape index (κ1) is 37.4. The van der Waals surface area contributed by atoms with E-state index in [4.69, 9.17) is 52.6 Å². The summed E-state index contributed by atoms with van der Waals surface area (Å²) in [4.78, 5) is 46.4. The van der Waals surface area contributed by atoms with E-state index in [1.54, 1.807) is 40.5 Å². The van der Waals surface area contributed by atoms with Gasteiger partial charge in [-0.1, -0.05) is 59.6 Å². The fourth-order valence-electron chi connectivity index (χ4n) is 6.92. The second-order valence-corrected chi connectivity index (χ2v) is 14.2. The molecule has 274 valence electrons. The summed E-state index contributed by atoms with van der Waals surface area (Å²) in [5, 5.41) is 6.80. The Kier molecular flexibility index (Phi) is 12.2. The Labute approximate surface area is 314 Å². The van der Waals surface area contributed by atoms with Crippen molar-refractivity contribution in [3.05, 3.63) is 70.2 Å². The zero-order chi connectivity index (χ0) is 36.8. The van der Waals surface area contributed by atoms with E-state index >= 15 is 0 Å². The molecule has 6 rings (SSSR count). The molecule has 2 atom stereocenters. The molecule has 0 aliphatic carbocycles. The molecule has 2 amide bonds. The number of aromatic nitrogens is 4. The van der Waals surface area contributed by atoms with E-state index in [2.05, 4.69) is 20.4 Å². The number of benzene rings is 2. The highest BCUT2D eigenvalue weighted by Crippen LogP contribution is 2.42. The predicted octanol–water partition coefficient (Wildman–Crippen LogP) is 5.51. The van der Waals surface area contributed by atoms with Crippen molar-refractivity contribution in [2.75, 3.05) is 53.5 Å². The lowest BCUT2D eigenvalue weighted by Crippen LogP contribution is -2.29. The van der Waals surface area contributed by atoms with Crippen molar-refractivity contribution >= 4 is 35.0 Å². The van der Waals surface area contributed by atoms with Gasteiger partial charge in [0.05, 0.1) is 48.0 Å². The van der Waals surface area contributed by atoms with Crippen LogP contribution < -0.4 is 20.1 Å². The average Bonchev–Trinajstić information content (AvgIpc) is 3.80. The van der Waals surface area contributed by atoms with Gasteiger partial charge < -0.3 is 20.1 Å². The van der Waals surface area contributed by atoms with Gasteiger partial charge in [0, 0.05) is 75.4 Å². The van der Waals surface area contributed by atoms with Crippen molar-refractivity contribution in [1.29, 1.82) is 0 Å². The van der Waals surface area contributed by atoms with Gasteiger partial charge in [0.2, 0.25) is 23.6 Å². The van der Waals surface area contributed by atoms with E-state index in [1.165, 1.54) is 0 Å². The summed E-state index contributed by atoms with van der Waals surface area (Å²) in [6.07, 6.45) is 5.46. The summed E-state index contributed by atoms with van der Waals surface area (Å²) < 4.78 is 11.4. The van der Waals surface area contributed by atoms with Crippen molar-refractivity contribution in [2.24, 2.45) is 11.8 Å². The van der Waals surface area contributed by atoms with Gasteiger partial charge in [0.1, 0.15) is 11.4 Å². The van der Waals surface area contributed by atoms with Crippen LogP contribution in [-0.4, -0.2) is 95.0 Å². The average molecular weight is 748 g/mol. The Morgan fingerprint density at radius 3 is 1.50 bits per heavy atom. The molecule has 0 unspecified atom stereocenters. The van der Waals surface area contributed by atoms with Crippen LogP contribution in [0.1, 0.15) is 38.1 Å². The van der Waals surface area contributed by atoms with E-state index in [0.717, 1.165) is 61.5 Å². The number of halogens is 2. The second-order valence-electron chi connectivity index (χ2n) is 13.4. The molecule has 2 N–H and O–H groups in total. The van der Waals surface area contributed by atoms with Gasteiger partial charge in [-0.15, -0.1) is 0 Å². The van der Waals surface area contributed by atoms with Crippen LogP contribution in [0, 0.1) is 11.8 Å². The number of hydrogen-bond acceptors (Lipinski definition) is 10. The molecule has 0 saturated carbocycles. The molecule has 0 radical (unpaired) electrons. The van der Waals surface area contributed by atoms with Crippen LogP contribution in [-0.2, 0) is 22.7 Å². The van der Waals surface area contributed by atoms with E-state index in [9.17, 15) is 9.59 Å². The van der Waals surface area contributed by atoms with Crippen molar-refractivity contribution in [3.8, 4) is 45.4 Å². The Morgan fingerprint density at radius 2 is 1.12 bits per heavy atom. The number of carbonyl (C=O) groups is 2. The molecule has 14 heteroatoms. The number of nitrogens with zero attached hydrogens (tertiary/aromatic N) is 6. The van der Waals surface area contributed by atoms with Gasteiger partial charge in [-0.2, -0.15) is 0 Å². The number of methoxy groups -OCH3 is 2. The van der Waals surface area contributed by atoms with Crippen LogP contribution in [0.5, 0.6) is 11.8 Å². The SMILES string of the molecule is COc1nc(-c2cccc(-c3cccc(-c4cnc(CN5CC[C@@H](CNC(C)=O)C5)c(OC)n4)c3Cl)c2Cl)cnc1CN1CC[C@@H](CNC(C)=O)C1. The fourth-order valence-corrected chi connectivity index (χ4v) is 7.57. The van der Waals surface area contributed by atoms with E-state index < -0.39 is 0 Å². The van der Waals surface area contributed by atoms with Gasteiger partial charge in [-0.05, 0) is 37.8 Å². The highest BCUT2D eigenvalue weighted by Gasteiger charge is 2.26. The van der Waals surface area contributed by atoms with E-state index in [1.807, 2.05) is 36.4 Å². The van der Waals surface area contributed by atoms with Gasteiger partial charge in [0.25, 0.3) is 0 Å². The molecule has 0 bridgehead atoms. The maximum Gasteiger partial charge on any atom is 0.237 e. The van der Waals surface area contributed by atoms with E-state index in [-0.39, 0.29) is 11.8 Å². The maximum atomic E-state index is 11.3. The third-order valence-electron chi connectivity index (χ3n) is 9.62. The van der Waals surface area contributed by atoms with Crippen LogP contribution in [0.25, 0.3) is 33.6 Å². The number of hydrogen-bond donors (Lipinski definition) is 2. The van der Waals surface area contributed by atoms with Crippen molar-refractivity contribution in [3.63, 3.8) is 0 Å². The first-order valence-corrected chi connectivity index (χ1v) is 18.2. The van der Waals surface area contributed by atoms with Crippen LogP contribution in [0.2, 0.25) is 10.0 Å². The summed E-state index contributed by atoms with van der Waals surface area (Å²) in [6.45, 7) is 9.17. The Balaban J connectivity index is 1.20. The molecule has 0 spiro atoms. The summed E-state index contributed by atoms with van der Waals surface area (Å²) in [6, 6.07) is 11.5. The molecule has 4 aromatic rings. The lowest BCUT2D eigenvalue weighted by Gasteiger charge is -2.18. The lowest BCUT2D eigenvalue weighted by molar-refractivity contribution is -0.120. The first-order chi connectivity index (χ1) is 25.1. The van der Waals surface area contributed by atoms with Crippen molar-refractivity contribution in [2.45, 2.75) is 39.8 Å². The van der Waals surface area contributed by atoms with Crippen LogP contribution in [0.4, 0.5) is 0 Å². The molecule has 2 aromatic heterocycles. The third kappa shape index (κ3) is 8.80. The molecule has 4 heterocycles. The molecule has 2 fully saturated rings. The highest BCUT2D eigenvalue weighted by atomic mass is 35.5. The fraction of sp³-hybridized carbons (Fsp3) is 0.421. The number of likely N-dealkylation sites (tertiary alicyclic amines) is 2. The summed E-state index contributed by atoms with van der Waals surface area (Å²) in [5.41, 5.74) is 5.50. The molecule has 2 saturated heterocycles. The van der Waals surface area contributed by atoms with Gasteiger partial charge in [-0.25, -0.2) is 9.97 Å². The molecule has 2 aliphatic rings. The number of ether oxygens (including phenoxy) is 2. The van der Waals surface area contributed by atoms with Gasteiger partial charge in [0.15, 0.2) is 0 Å². The van der Waals surface area contributed by atoms with Gasteiger partial charge >= 0.3 is 0 Å². The van der Waals surface area contributed by atoms with Gasteiger partial charge in [-0.3, -0.25) is 29.4 Å². The first-order valence-electron chi connectivity index (χ1n) is 17.4. The molecular weight excluding hydrogens is 703 g/mol. The third-order valence-corrected chi connectivity index (χ3v) is 10.4. The Hall–Kier alpha value is -4.36. The minimum Gasteiger partial charge on any atom is -0.480 e. The Bertz CT molecular complexity index is 1790. The normalized spacial score (nSPS) is 17.7. The molecule has 2 aliphatic heterocycles. The zero-order valence-corrected chi connectivity index (χ0v) is 31.4. The smallest absolute Gasteiger partial charge is 0.237 e. The lowest BCUT2D eigenvalue weighted by atomic mass is 9.98. The van der Waals surface area contributed by atoms with Crippen molar-refractivity contribution in [1.82, 2.24) is 40.4 Å². The molecule has 52 heavy (non-hydrogen) atoms. The highest BCUT2D eigenvalue weighted by molar-refractivity contribution is 6.39.